The van der Waals surface area contributed by atoms with Crippen molar-refractivity contribution >= 4 is 5.97 Å². The number of carbonyl (C=O) groups is 1. The average Bonchev–Trinajstić information content (AvgIpc) is 2.31. The van der Waals surface area contributed by atoms with Gasteiger partial charge in [-0.3, -0.25) is 4.79 Å². The van der Waals surface area contributed by atoms with E-state index >= 15 is 0 Å². The van der Waals surface area contributed by atoms with Crippen LogP contribution in [0, 0.1) is 11.3 Å². The van der Waals surface area contributed by atoms with Gasteiger partial charge >= 0.3 is 5.97 Å². The monoisotopic (exact) mass is 269 g/mol. The van der Waals surface area contributed by atoms with Crippen molar-refractivity contribution < 1.29 is 9.90 Å². The molecular weight excluding hydrogens is 238 g/mol. The van der Waals surface area contributed by atoms with E-state index in [0.717, 1.165) is 19.4 Å². The molecule has 1 fully saturated rings. The standard InChI is InChI=1S/C16H31NO2/c1-4-9-16(10-5-2)12-17(13-16)11-8-14(3)6-7-15(18)19/h14H,4-13H2,1-3H3,(H,18,19). The second-order valence-corrected chi connectivity index (χ2v) is 6.54. The number of carboxylic acids is 1. The molecule has 1 atom stereocenters. The fourth-order valence-electron chi connectivity index (χ4n) is 3.48. The van der Waals surface area contributed by atoms with Crippen molar-refractivity contribution in [2.45, 2.75) is 65.7 Å². The van der Waals surface area contributed by atoms with Crippen molar-refractivity contribution in [2.24, 2.45) is 11.3 Å². The second-order valence-electron chi connectivity index (χ2n) is 6.54. The van der Waals surface area contributed by atoms with E-state index in [1.807, 2.05) is 0 Å². The molecule has 1 unspecified atom stereocenters. The maximum Gasteiger partial charge on any atom is 0.303 e. The first-order valence-electron chi connectivity index (χ1n) is 7.95. The molecule has 0 aromatic carbocycles. The van der Waals surface area contributed by atoms with Gasteiger partial charge in [0, 0.05) is 19.5 Å². The Hall–Kier alpha value is -0.570. The third kappa shape index (κ3) is 5.52. The highest BCUT2D eigenvalue weighted by molar-refractivity contribution is 5.66. The molecule has 112 valence electrons. The van der Waals surface area contributed by atoms with Gasteiger partial charge in [0.25, 0.3) is 0 Å². The molecule has 0 bridgehead atoms. The fourth-order valence-corrected chi connectivity index (χ4v) is 3.48. The van der Waals surface area contributed by atoms with E-state index in [-0.39, 0.29) is 0 Å². The number of nitrogens with zero attached hydrogens (tertiary/aromatic N) is 1. The van der Waals surface area contributed by atoms with E-state index < -0.39 is 5.97 Å². The molecule has 1 rings (SSSR count). The lowest BCUT2D eigenvalue weighted by Gasteiger charge is -2.51. The minimum atomic E-state index is -0.666. The number of likely N-dealkylation sites (tertiary alicyclic amines) is 1. The van der Waals surface area contributed by atoms with Gasteiger partial charge in [-0.05, 0) is 43.6 Å². The lowest BCUT2D eigenvalue weighted by Crippen LogP contribution is -2.56. The Balaban J connectivity index is 2.18. The molecule has 19 heavy (non-hydrogen) atoms. The normalized spacial score (nSPS) is 19.9. The first-order valence-corrected chi connectivity index (χ1v) is 7.95. The predicted molar refractivity (Wildman–Crippen MR) is 79.3 cm³/mol. The maximum absolute atomic E-state index is 10.5. The van der Waals surface area contributed by atoms with Crippen molar-refractivity contribution in [1.29, 1.82) is 0 Å². The summed E-state index contributed by atoms with van der Waals surface area (Å²) < 4.78 is 0. The van der Waals surface area contributed by atoms with Gasteiger partial charge in [0.05, 0.1) is 0 Å². The number of rotatable bonds is 10. The quantitative estimate of drug-likeness (QED) is 0.656. The van der Waals surface area contributed by atoms with Crippen molar-refractivity contribution in [3.63, 3.8) is 0 Å². The van der Waals surface area contributed by atoms with Gasteiger partial charge in [-0.2, -0.15) is 0 Å². The number of hydrogen-bond donors (Lipinski definition) is 1. The van der Waals surface area contributed by atoms with Gasteiger partial charge in [0.15, 0.2) is 0 Å². The van der Waals surface area contributed by atoms with Crippen LogP contribution >= 0.6 is 0 Å². The minimum absolute atomic E-state index is 0.316. The van der Waals surface area contributed by atoms with Crippen LogP contribution in [0.1, 0.15) is 65.7 Å². The summed E-state index contributed by atoms with van der Waals surface area (Å²) in [7, 11) is 0. The Morgan fingerprint density at radius 1 is 1.21 bits per heavy atom. The van der Waals surface area contributed by atoms with Gasteiger partial charge in [-0.1, -0.05) is 33.6 Å². The second kappa shape index (κ2) is 7.88. The molecule has 3 heteroatoms. The smallest absolute Gasteiger partial charge is 0.303 e. The number of aliphatic carboxylic acids is 1. The number of carboxylic acid groups (broad SMARTS) is 1. The van der Waals surface area contributed by atoms with E-state index in [2.05, 4.69) is 25.7 Å². The molecule has 0 saturated carbocycles. The van der Waals surface area contributed by atoms with Crippen LogP contribution < -0.4 is 0 Å². The van der Waals surface area contributed by atoms with E-state index in [9.17, 15) is 4.79 Å². The molecule has 1 saturated heterocycles. The van der Waals surface area contributed by atoms with Gasteiger partial charge in [-0.25, -0.2) is 0 Å². The van der Waals surface area contributed by atoms with E-state index in [1.165, 1.54) is 38.8 Å². The minimum Gasteiger partial charge on any atom is -0.481 e. The maximum atomic E-state index is 10.5. The van der Waals surface area contributed by atoms with E-state index in [0.29, 0.717) is 17.8 Å². The zero-order valence-corrected chi connectivity index (χ0v) is 13.0. The topological polar surface area (TPSA) is 40.5 Å². The fraction of sp³-hybridized carbons (Fsp3) is 0.938. The van der Waals surface area contributed by atoms with Gasteiger partial charge < -0.3 is 10.0 Å². The summed E-state index contributed by atoms with van der Waals surface area (Å²) in [5.41, 5.74) is 0.605. The zero-order chi connectivity index (χ0) is 14.3. The molecule has 0 spiro atoms. The summed E-state index contributed by atoms with van der Waals surface area (Å²) in [6, 6.07) is 0. The summed E-state index contributed by atoms with van der Waals surface area (Å²) in [6.07, 6.45) is 7.60. The Kier molecular flexibility index (Phi) is 6.84. The molecule has 1 N–H and O–H groups in total. The molecule has 1 aliphatic rings. The van der Waals surface area contributed by atoms with Crippen LogP contribution in [-0.4, -0.2) is 35.6 Å². The SMILES string of the molecule is CCCC1(CCC)CN(CCC(C)CCC(=O)O)C1. The third-order valence-corrected chi connectivity index (χ3v) is 4.47. The Morgan fingerprint density at radius 2 is 1.79 bits per heavy atom. The molecule has 0 aliphatic carbocycles. The van der Waals surface area contributed by atoms with Gasteiger partial charge in [-0.15, -0.1) is 0 Å². The van der Waals surface area contributed by atoms with Crippen LogP contribution in [0.25, 0.3) is 0 Å². The highest BCUT2D eigenvalue weighted by atomic mass is 16.4. The van der Waals surface area contributed by atoms with Crippen molar-refractivity contribution in [2.75, 3.05) is 19.6 Å². The van der Waals surface area contributed by atoms with Crippen LogP contribution in [0.3, 0.4) is 0 Å². The average molecular weight is 269 g/mol. The predicted octanol–water partition coefficient (Wildman–Crippen LogP) is 3.78. The van der Waals surface area contributed by atoms with Crippen molar-refractivity contribution in [1.82, 2.24) is 4.90 Å². The van der Waals surface area contributed by atoms with E-state index in [1.54, 1.807) is 0 Å². The van der Waals surface area contributed by atoms with Crippen LogP contribution in [0.4, 0.5) is 0 Å². The lowest BCUT2D eigenvalue weighted by molar-refractivity contribution is -0.137. The molecule has 0 radical (unpaired) electrons. The Morgan fingerprint density at radius 3 is 2.26 bits per heavy atom. The number of hydrogen-bond acceptors (Lipinski definition) is 2. The molecule has 0 aromatic rings. The first-order chi connectivity index (χ1) is 9.01. The summed E-state index contributed by atoms with van der Waals surface area (Å²) >= 11 is 0. The third-order valence-electron chi connectivity index (χ3n) is 4.47. The molecule has 3 nitrogen and oxygen atoms in total. The summed E-state index contributed by atoms with van der Waals surface area (Å²) in [6.45, 7) is 10.4. The zero-order valence-electron chi connectivity index (χ0n) is 13.0. The van der Waals surface area contributed by atoms with Crippen molar-refractivity contribution in [3.8, 4) is 0 Å². The Bertz CT molecular complexity index is 264. The molecule has 0 aromatic heterocycles. The van der Waals surface area contributed by atoms with Crippen LogP contribution in [-0.2, 0) is 4.79 Å². The molecule has 1 heterocycles. The first kappa shape index (κ1) is 16.5. The molecule has 1 aliphatic heterocycles. The summed E-state index contributed by atoms with van der Waals surface area (Å²) in [5, 5.41) is 8.67. The van der Waals surface area contributed by atoms with Gasteiger partial charge in [0.1, 0.15) is 0 Å². The van der Waals surface area contributed by atoms with Crippen LogP contribution in [0.2, 0.25) is 0 Å². The largest absolute Gasteiger partial charge is 0.481 e. The molecular formula is C16H31NO2. The van der Waals surface area contributed by atoms with E-state index in [4.69, 9.17) is 5.11 Å². The summed E-state index contributed by atoms with van der Waals surface area (Å²) in [4.78, 5) is 13.1. The molecule has 0 amide bonds. The van der Waals surface area contributed by atoms with Crippen LogP contribution in [0.5, 0.6) is 0 Å². The Labute approximate surface area is 118 Å². The lowest BCUT2D eigenvalue weighted by atomic mass is 9.72. The van der Waals surface area contributed by atoms with Gasteiger partial charge in [0.2, 0.25) is 0 Å². The van der Waals surface area contributed by atoms with Crippen LogP contribution in [0.15, 0.2) is 0 Å². The van der Waals surface area contributed by atoms with Crippen molar-refractivity contribution in [3.05, 3.63) is 0 Å². The highest BCUT2D eigenvalue weighted by Crippen LogP contribution is 2.39. The highest BCUT2D eigenvalue weighted by Gasteiger charge is 2.40. The summed E-state index contributed by atoms with van der Waals surface area (Å²) in [5.74, 6) is -0.135.